The Bertz CT molecular complexity index is 674. The zero-order valence-electron chi connectivity index (χ0n) is 16.0. The minimum absolute atomic E-state index is 0. The zero-order valence-corrected chi connectivity index (χ0v) is 17.7. The highest BCUT2D eigenvalue weighted by atomic mass is 35.5. The Balaban J connectivity index is 0.00000169. The molecule has 0 bridgehead atoms. The van der Waals surface area contributed by atoms with Gasteiger partial charge in [-0.3, -0.25) is 4.90 Å². The molecule has 5 heteroatoms. The molecule has 1 fully saturated rings. The molecule has 1 heterocycles. The first-order chi connectivity index (χ1) is 11.8. The number of halogens is 2. The SMILES string of the molecule is CCOc1ccc2ccccc2c1[C@H](C(C)CC)N1CCNCC1.Cl.Cl. The van der Waals surface area contributed by atoms with E-state index in [1.54, 1.807) is 0 Å². The van der Waals surface area contributed by atoms with Gasteiger partial charge < -0.3 is 10.1 Å². The molecule has 2 aromatic carbocycles. The molecular weight excluding hydrogens is 367 g/mol. The number of fused-ring (bicyclic) bond motifs is 1. The van der Waals surface area contributed by atoms with Crippen molar-refractivity contribution < 1.29 is 4.74 Å². The Hall–Kier alpha value is -1.00. The van der Waals surface area contributed by atoms with Crippen LogP contribution in [0, 0.1) is 5.92 Å². The second kappa shape index (κ2) is 11.0. The third-order valence-corrected chi connectivity index (χ3v) is 5.25. The van der Waals surface area contributed by atoms with E-state index in [0.717, 1.165) is 31.9 Å². The third kappa shape index (κ3) is 4.83. The predicted octanol–water partition coefficient (Wildman–Crippen LogP) is 5.07. The van der Waals surface area contributed by atoms with Crippen molar-refractivity contribution in [2.24, 2.45) is 5.92 Å². The normalized spacial score (nSPS) is 17.0. The summed E-state index contributed by atoms with van der Waals surface area (Å²) in [5.74, 6) is 1.65. The minimum Gasteiger partial charge on any atom is -0.494 e. The molecule has 0 amide bonds. The molecule has 2 atom stereocenters. The van der Waals surface area contributed by atoms with E-state index in [1.165, 1.54) is 22.8 Å². The number of ether oxygens (including phenoxy) is 1. The first-order valence-corrected chi connectivity index (χ1v) is 9.35. The van der Waals surface area contributed by atoms with Gasteiger partial charge in [0.25, 0.3) is 0 Å². The van der Waals surface area contributed by atoms with Crippen molar-refractivity contribution >= 4 is 35.6 Å². The first-order valence-electron chi connectivity index (χ1n) is 9.35. The summed E-state index contributed by atoms with van der Waals surface area (Å²) < 4.78 is 6.07. The van der Waals surface area contributed by atoms with Crippen molar-refractivity contribution in [1.29, 1.82) is 0 Å². The van der Waals surface area contributed by atoms with Crippen molar-refractivity contribution in [3.63, 3.8) is 0 Å². The number of hydrogen-bond donors (Lipinski definition) is 1. The Kier molecular flexibility index (Phi) is 9.73. The van der Waals surface area contributed by atoms with Gasteiger partial charge in [0.05, 0.1) is 6.61 Å². The summed E-state index contributed by atoms with van der Waals surface area (Å²) in [6, 6.07) is 13.5. The van der Waals surface area contributed by atoms with Crippen LogP contribution in [0.3, 0.4) is 0 Å². The molecule has 3 rings (SSSR count). The number of nitrogens with zero attached hydrogens (tertiary/aromatic N) is 1. The lowest BCUT2D eigenvalue weighted by Crippen LogP contribution is -2.46. The van der Waals surface area contributed by atoms with Crippen molar-refractivity contribution in [1.82, 2.24) is 10.2 Å². The lowest BCUT2D eigenvalue weighted by Gasteiger charge is -2.39. The van der Waals surface area contributed by atoms with Crippen molar-refractivity contribution in [2.45, 2.75) is 33.2 Å². The predicted molar refractivity (Wildman–Crippen MR) is 116 cm³/mol. The van der Waals surface area contributed by atoms with Crippen molar-refractivity contribution in [3.05, 3.63) is 42.0 Å². The summed E-state index contributed by atoms with van der Waals surface area (Å²) >= 11 is 0. The Morgan fingerprint density at radius 2 is 1.73 bits per heavy atom. The summed E-state index contributed by atoms with van der Waals surface area (Å²) in [6.45, 7) is 11.8. The topological polar surface area (TPSA) is 24.5 Å². The number of piperazine rings is 1. The van der Waals surface area contributed by atoms with Crippen molar-refractivity contribution in [2.75, 3.05) is 32.8 Å². The first kappa shape index (κ1) is 23.0. The Labute approximate surface area is 170 Å². The number of hydrogen-bond acceptors (Lipinski definition) is 3. The van der Waals surface area contributed by atoms with Crippen LogP contribution in [0.4, 0.5) is 0 Å². The Morgan fingerprint density at radius 3 is 2.38 bits per heavy atom. The van der Waals surface area contributed by atoms with Gasteiger partial charge in [-0.05, 0) is 29.7 Å². The average molecular weight is 399 g/mol. The molecule has 146 valence electrons. The lowest BCUT2D eigenvalue weighted by atomic mass is 9.87. The monoisotopic (exact) mass is 398 g/mol. The summed E-state index contributed by atoms with van der Waals surface area (Å²) in [5, 5.41) is 6.13. The van der Waals surface area contributed by atoms with Gasteiger partial charge in [0.1, 0.15) is 5.75 Å². The van der Waals surface area contributed by atoms with Crippen molar-refractivity contribution in [3.8, 4) is 5.75 Å². The van der Waals surface area contributed by atoms with Gasteiger partial charge in [-0.25, -0.2) is 0 Å². The van der Waals surface area contributed by atoms with Gasteiger partial charge in [-0.2, -0.15) is 0 Å². The standard InChI is InChI=1S/C21H30N2O.2ClH/c1-4-16(3)21(23-14-12-22-13-15-23)20-18-9-7-6-8-17(18)10-11-19(20)24-5-2;;/h6-11,16,21-22H,4-5,12-15H2,1-3H3;2*1H/t16?,21-;;/m0../s1. The highest BCUT2D eigenvalue weighted by Crippen LogP contribution is 2.41. The van der Waals surface area contributed by atoms with E-state index in [1.807, 2.05) is 0 Å². The highest BCUT2D eigenvalue weighted by Gasteiger charge is 2.30. The van der Waals surface area contributed by atoms with Crippen LogP contribution in [0.25, 0.3) is 10.8 Å². The highest BCUT2D eigenvalue weighted by molar-refractivity contribution is 5.88. The molecule has 0 spiro atoms. The lowest BCUT2D eigenvalue weighted by molar-refractivity contribution is 0.126. The zero-order chi connectivity index (χ0) is 16.9. The Morgan fingerprint density at radius 1 is 1.04 bits per heavy atom. The van der Waals surface area contributed by atoms with Crippen LogP contribution in [0.2, 0.25) is 0 Å². The smallest absolute Gasteiger partial charge is 0.124 e. The molecule has 0 radical (unpaired) electrons. The molecule has 3 nitrogen and oxygen atoms in total. The molecule has 1 saturated heterocycles. The number of nitrogens with one attached hydrogen (secondary N) is 1. The summed E-state index contributed by atoms with van der Waals surface area (Å²) in [4.78, 5) is 2.65. The maximum atomic E-state index is 6.07. The fourth-order valence-electron chi connectivity index (χ4n) is 3.87. The third-order valence-electron chi connectivity index (χ3n) is 5.25. The molecule has 1 unspecified atom stereocenters. The second-order valence-electron chi connectivity index (χ2n) is 6.75. The number of rotatable bonds is 6. The molecule has 1 N–H and O–H groups in total. The molecule has 1 aliphatic rings. The van der Waals surface area contributed by atoms with Gasteiger partial charge >= 0.3 is 0 Å². The minimum atomic E-state index is 0. The van der Waals surface area contributed by atoms with Crippen LogP contribution in [0.1, 0.15) is 38.8 Å². The fourth-order valence-corrected chi connectivity index (χ4v) is 3.87. The van der Waals surface area contributed by atoms with Gasteiger partial charge in [0.2, 0.25) is 0 Å². The number of benzene rings is 2. The molecule has 1 aliphatic heterocycles. The van der Waals surface area contributed by atoms with E-state index >= 15 is 0 Å². The van der Waals surface area contributed by atoms with E-state index < -0.39 is 0 Å². The van der Waals surface area contributed by atoms with Crippen LogP contribution < -0.4 is 10.1 Å². The van der Waals surface area contributed by atoms with Crippen LogP contribution >= 0.6 is 24.8 Å². The van der Waals surface area contributed by atoms with Gasteiger partial charge in [-0.15, -0.1) is 24.8 Å². The average Bonchev–Trinajstić information content (AvgIpc) is 2.64. The second-order valence-corrected chi connectivity index (χ2v) is 6.75. The molecule has 26 heavy (non-hydrogen) atoms. The van der Waals surface area contributed by atoms with Crippen LogP contribution in [-0.4, -0.2) is 37.7 Å². The van der Waals surface area contributed by atoms with Gasteiger partial charge in [-0.1, -0.05) is 50.6 Å². The van der Waals surface area contributed by atoms with Gasteiger partial charge in [0.15, 0.2) is 0 Å². The molecule has 0 saturated carbocycles. The molecule has 0 aliphatic carbocycles. The van der Waals surface area contributed by atoms with E-state index in [0.29, 0.717) is 18.6 Å². The molecule has 2 aromatic rings. The summed E-state index contributed by atoms with van der Waals surface area (Å²) in [5.41, 5.74) is 1.38. The van der Waals surface area contributed by atoms with Crippen LogP contribution in [0.5, 0.6) is 5.75 Å². The van der Waals surface area contributed by atoms with E-state index in [-0.39, 0.29) is 24.8 Å². The fraction of sp³-hybridized carbons (Fsp3) is 0.524. The van der Waals surface area contributed by atoms with Gasteiger partial charge in [0, 0.05) is 37.8 Å². The summed E-state index contributed by atoms with van der Waals surface area (Å²) in [7, 11) is 0. The maximum Gasteiger partial charge on any atom is 0.124 e. The quantitative estimate of drug-likeness (QED) is 0.734. The van der Waals surface area contributed by atoms with E-state index in [4.69, 9.17) is 4.74 Å². The van der Waals surface area contributed by atoms with Crippen LogP contribution in [-0.2, 0) is 0 Å². The van der Waals surface area contributed by atoms with Crippen LogP contribution in [0.15, 0.2) is 36.4 Å². The largest absolute Gasteiger partial charge is 0.494 e. The maximum absolute atomic E-state index is 6.07. The molecule has 0 aromatic heterocycles. The summed E-state index contributed by atoms with van der Waals surface area (Å²) in [6.07, 6.45) is 1.17. The molecular formula is C21H32Cl2N2O. The van der Waals surface area contributed by atoms with E-state index in [9.17, 15) is 0 Å². The van der Waals surface area contributed by atoms with E-state index in [2.05, 4.69) is 67.4 Å².